The van der Waals surface area contributed by atoms with Gasteiger partial charge in [0.2, 0.25) is 0 Å². The van der Waals surface area contributed by atoms with Gasteiger partial charge in [-0.25, -0.2) is 0 Å². The van der Waals surface area contributed by atoms with E-state index in [1.165, 1.54) is 26.4 Å². The number of fused-ring (bicyclic) bond motifs is 1. The maximum Gasteiger partial charge on any atom is 0.289 e. The van der Waals surface area contributed by atoms with Crippen LogP contribution in [0.1, 0.15) is 0 Å². The van der Waals surface area contributed by atoms with Crippen LogP contribution in [0.25, 0.3) is 0 Å². The highest BCUT2D eigenvalue weighted by molar-refractivity contribution is 8.02. The van der Waals surface area contributed by atoms with Gasteiger partial charge in [0.1, 0.15) is 4.90 Å². The average molecular weight is 368 g/mol. The zero-order valence-electron chi connectivity index (χ0n) is 12.6. The molecule has 0 radical (unpaired) electrons. The second-order valence-corrected chi connectivity index (χ2v) is 8.21. The maximum absolute atomic E-state index is 12.3. The number of hydrogen-bond donors (Lipinski definition) is 0. The van der Waals surface area contributed by atoms with Crippen molar-refractivity contribution >= 4 is 26.4 Å². The van der Waals surface area contributed by atoms with E-state index in [9.17, 15) is 18.5 Å². The molecular formula is C14H12N2O6S2. The first-order chi connectivity index (χ1) is 11.4. The zero-order valence-corrected chi connectivity index (χ0v) is 14.3. The van der Waals surface area contributed by atoms with Crippen LogP contribution >= 0.6 is 0 Å². The smallest absolute Gasteiger partial charge is 0.289 e. The number of nitro benzene ring substituents is 1. The van der Waals surface area contributed by atoms with Gasteiger partial charge in [0.05, 0.1) is 19.1 Å². The minimum Gasteiger partial charge on any atom is -0.493 e. The van der Waals surface area contributed by atoms with E-state index in [-0.39, 0.29) is 10.6 Å². The summed E-state index contributed by atoms with van der Waals surface area (Å²) in [5, 5.41) is 10.9. The summed E-state index contributed by atoms with van der Waals surface area (Å²) < 4.78 is 38.8. The quantitative estimate of drug-likeness (QED) is 0.606. The fourth-order valence-electron chi connectivity index (χ4n) is 2.26. The predicted octanol–water partition coefficient (Wildman–Crippen LogP) is 2.53. The van der Waals surface area contributed by atoms with E-state index in [0.29, 0.717) is 21.3 Å². The molecule has 0 aromatic heterocycles. The van der Waals surface area contributed by atoms with E-state index in [4.69, 9.17) is 9.47 Å². The Balaban J connectivity index is 2.17. The van der Waals surface area contributed by atoms with Crippen molar-refractivity contribution in [1.29, 1.82) is 0 Å². The van der Waals surface area contributed by atoms with E-state index in [2.05, 4.69) is 3.77 Å². The van der Waals surface area contributed by atoms with Crippen molar-refractivity contribution in [2.75, 3.05) is 14.2 Å². The first-order valence-corrected chi connectivity index (χ1v) is 9.22. The lowest BCUT2D eigenvalue weighted by atomic mass is 10.3. The second-order valence-electron chi connectivity index (χ2n) is 4.74. The second kappa shape index (κ2) is 5.87. The number of rotatable bonds is 4. The van der Waals surface area contributed by atoms with Gasteiger partial charge in [-0.1, -0.05) is 0 Å². The lowest BCUT2D eigenvalue weighted by Crippen LogP contribution is -1.97. The first kappa shape index (κ1) is 16.4. The highest BCUT2D eigenvalue weighted by atomic mass is 32.3. The van der Waals surface area contributed by atoms with Gasteiger partial charge >= 0.3 is 0 Å². The molecule has 1 unspecified atom stereocenters. The molecule has 0 bridgehead atoms. The summed E-state index contributed by atoms with van der Waals surface area (Å²) >= 11 is 0. The average Bonchev–Trinajstić information content (AvgIpc) is 2.85. The topological polar surface area (TPSA) is 108 Å². The summed E-state index contributed by atoms with van der Waals surface area (Å²) in [6.45, 7) is 0. The fourth-order valence-corrected chi connectivity index (χ4v) is 6.29. The summed E-state index contributed by atoms with van der Waals surface area (Å²) in [4.78, 5) is 11.1. The van der Waals surface area contributed by atoms with Crippen LogP contribution in [0.5, 0.6) is 11.5 Å². The molecule has 0 saturated heterocycles. The van der Waals surface area contributed by atoms with Gasteiger partial charge in [-0.2, -0.15) is 8.42 Å². The molecular weight excluding hydrogens is 356 g/mol. The van der Waals surface area contributed by atoms with Crippen LogP contribution in [0.2, 0.25) is 0 Å². The van der Waals surface area contributed by atoms with E-state index < -0.39 is 25.6 Å². The molecule has 1 aliphatic rings. The molecule has 1 atom stereocenters. The van der Waals surface area contributed by atoms with Crippen molar-refractivity contribution in [2.24, 2.45) is 3.77 Å². The Hall–Kier alpha value is -2.46. The molecule has 0 saturated carbocycles. The number of non-ortho nitro benzene ring substituents is 1. The van der Waals surface area contributed by atoms with Crippen LogP contribution in [-0.4, -0.2) is 27.6 Å². The van der Waals surface area contributed by atoms with Crippen LogP contribution < -0.4 is 9.47 Å². The molecule has 24 heavy (non-hydrogen) atoms. The summed E-state index contributed by atoms with van der Waals surface area (Å²) in [7, 11) is -2.06. The Morgan fingerprint density at radius 3 is 2.42 bits per heavy atom. The van der Waals surface area contributed by atoms with Gasteiger partial charge in [0.25, 0.3) is 15.7 Å². The van der Waals surface area contributed by atoms with Crippen LogP contribution in [0.15, 0.2) is 54.9 Å². The molecule has 2 aromatic carbocycles. The third kappa shape index (κ3) is 2.63. The van der Waals surface area contributed by atoms with Crippen LogP contribution in [-0.2, 0) is 20.7 Å². The molecule has 0 spiro atoms. The number of benzene rings is 2. The van der Waals surface area contributed by atoms with E-state index >= 15 is 0 Å². The minimum absolute atomic E-state index is 0.130. The van der Waals surface area contributed by atoms with Crippen molar-refractivity contribution in [2.45, 2.75) is 14.7 Å². The van der Waals surface area contributed by atoms with Gasteiger partial charge in [-0.15, -0.1) is 3.77 Å². The molecule has 0 fully saturated rings. The SMILES string of the molecule is COc1ccc(S2=NS(=O)(=O)c3cc([N+](=O)[O-])ccc32)cc1OC. The van der Waals surface area contributed by atoms with Crippen molar-refractivity contribution < 1.29 is 22.8 Å². The monoisotopic (exact) mass is 368 g/mol. The molecule has 1 aliphatic heterocycles. The molecule has 3 rings (SSSR count). The van der Waals surface area contributed by atoms with Crippen LogP contribution in [0.3, 0.4) is 0 Å². The number of hydrogen-bond acceptors (Lipinski definition) is 6. The lowest BCUT2D eigenvalue weighted by Gasteiger charge is -2.10. The van der Waals surface area contributed by atoms with Gasteiger partial charge in [0.15, 0.2) is 11.5 Å². The van der Waals surface area contributed by atoms with Crippen molar-refractivity contribution in [1.82, 2.24) is 0 Å². The molecule has 1 heterocycles. The number of methoxy groups -OCH3 is 2. The highest BCUT2D eigenvalue weighted by Crippen LogP contribution is 2.38. The maximum atomic E-state index is 12.3. The number of sulfonamides is 1. The Kier molecular flexibility index (Phi) is 4.01. The fraction of sp³-hybridized carbons (Fsp3) is 0.143. The summed E-state index contributed by atoms with van der Waals surface area (Å²) in [6.07, 6.45) is 0. The Morgan fingerprint density at radius 2 is 1.79 bits per heavy atom. The Labute approximate surface area is 140 Å². The zero-order chi connectivity index (χ0) is 17.5. The number of nitro groups is 1. The third-order valence-electron chi connectivity index (χ3n) is 3.38. The number of nitrogens with zero attached hydrogens (tertiary/aromatic N) is 2. The molecule has 126 valence electrons. The largest absolute Gasteiger partial charge is 0.493 e. The summed E-state index contributed by atoms with van der Waals surface area (Å²) in [5.41, 5.74) is -0.287. The Bertz CT molecular complexity index is 985. The normalized spacial score (nSPS) is 17.7. The molecule has 0 aliphatic carbocycles. The van der Waals surface area contributed by atoms with Gasteiger partial charge in [-0.05, 0) is 35.0 Å². The molecule has 0 amide bonds. The van der Waals surface area contributed by atoms with Crippen molar-refractivity contribution in [3.63, 3.8) is 0 Å². The molecule has 10 heteroatoms. The summed E-state index contributed by atoms with van der Waals surface area (Å²) in [6, 6.07) is 8.75. The highest BCUT2D eigenvalue weighted by Gasteiger charge is 2.31. The van der Waals surface area contributed by atoms with Crippen molar-refractivity contribution in [3.8, 4) is 11.5 Å². The van der Waals surface area contributed by atoms with Gasteiger partial charge in [-0.3, -0.25) is 10.1 Å². The van der Waals surface area contributed by atoms with Gasteiger partial charge in [0, 0.05) is 21.9 Å². The minimum atomic E-state index is -3.93. The number of ether oxygens (including phenoxy) is 2. The molecule has 0 N–H and O–H groups in total. The lowest BCUT2D eigenvalue weighted by molar-refractivity contribution is -0.385. The van der Waals surface area contributed by atoms with E-state index in [0.717, 1.165) is 6.07 Å². The van der Waals surface area contributed by atoms with Crippen LogP contribution in [0.4, 0.5) is 5.69 Å². The van der Waals surface area contributed by atoms with E-state index in [1.807, 2.05) is 0 Å². The molecule has 2 aromatic rings. The van der Waals surface area contributed by atoms with Crippen LogP contribution in [0, 0.1) is 10.1 Å². The van der Waals surface area contributed by atoms with Gasteiger partial charge < -0.3 is 9.47 Å². The third-order valence-corrected chi connectivity index (χ3v) is 7.25. The standard InChI is InChI=1S/C14H12N2O6S2/c1-21-11-5-4-10(8-12(11)22-2)23-13-6-3-9(16(17)18)7-14(13)24(19,20)15-23/h3-8H,1-2H3. The van der Waals surface area contributed by atoms with Crippen molar-refractivity contribution in [3.05, 3.63) is 46.5 Å². The molecule has 8 nitrogen and oxygen atoms in total. The van der Waals surface area contributed by atoms with E-state index in [1.54, 1.807) is 18.2 Å². The Morgan fingerprint density at radius 1 is 1.08 bits per heavy atom. The predicted molar refractivity (Wildman–Crippen MR) is 86.2 cm³/mol. The summed E-state index contributed by atoms with van der Waals surface area (Å²) in [5.74, 6) is 0.960. The first-order valence-electron chi connectivity index (χ1n) is 6.60.